The monoisotopic (exact) mass is 412 g/mol. The lowest BCUT2D eigenvalue weighted by Crippen LogP contribution is -2.60. The lowest BCUT2D eigenvalue weighted by molar-refractivity contribution is -0.197. The van der Waals surface area contributed by atoms with Crippen molar-refractivity contribution in [1.82, 2.24) is 0 Å². The first-order chi connectivity index (χ1) is 14.4. The molecule has 0 heterocycles. The summed E-state index contributed by atoms with van der Waals surface area (Å²) in [7, 11) is 0. The van der Waals surface area contributed by atoms with Gasteiger partial charge < -0.3 is 19.7 Å². The molecule has 0 aliphatic heterocycles. The largest absolute Gasteiger partial charge is 0.481 e. The van der Waals surface area contributed by atoms with Gasteiger partial charge in [-0.25, -0.2) is 0 Å². The first-order valence-corrected chi connectivity index (χ1v) is 9.27. The van der Waals surface area contributed by atoms with E-state index in [1.54, 1.807) is 60.7 Å². The molecular weight excluding hydrogens is 392 g/mol. The summed E-state index contributed by atoms with van der Waals surface area (Å²) < 4.78 is 10.4. The van der Waals surface area contributed by atoms with E-state index in [-0.39, 0.29) is 13.2 Å². The summed E-state index contributed by atoms with van der Waals surface area (Å²) in [5, 5.41) is 18.9. The van der Waals surface area contributed by atoms with Crippen molar-refractivity contribution in [3.05, 3.63) is 71.8 Å². The van der Waals surface area contributed by atoms with Gasteiger partial charge in [-0.15, -0.1) is 0 Å². The van der Waals surface area contributed by atoms with Crippen molar-refractivity contribution in [2.45, 2.75) is 13.2 Å². The first kappa shape index (κ1) is 21.0. The smallest absolute Gasteiger partial charge is 0.311 e. The van der Waals surface area contributed by atoms with E-state index in [2.05, 4.69) is 0 Å². The Balaban J connectivity index is 1.74. The molecule has 0 spiro atoms. The van der Waals surface area contributed by atoms with Gasteiger partial charge in [0.25, 0.3) is 0 Å². The SMILES string of the molecule is O=C(O)C1C(C(=O)O)C(C(=O)OCc2ccccc2)C1C(=O)OCc1ccccc1. The summed E-state index contributed by atoms with van der Waals surface area (Å²) in [6, 6.07) is 17.4. The zero-order valence-corrected chi connectivity index (χ0v) is 15.8. The van der Waals surface area contributed by atoms with Crippen LogP contribution < -0.4 is 0 Å². The number of carbonyl (C=O) groups is 4. The van der Waals surface area contributed by atoms with Crippen LogP contribution in [0.15, 0.2) is 60.7 Å². The molecule has 0 bridgehead atoms. The zero-order chi connectivity index (χ0) is 21.7. The minimum atomic E-state index is -1.57. The third-order valence-corrected chi connectivity index (χ3v) is 5.11. The van der Waals surface area contributed by atoms with Crippen molar-refractivity contribution in [3.63, 3.8) is 0 Å². The Hall–Kier alpha value is -3.68. The number of carboxylic acids is 2. The Labute approximate surface area is 172 Å². The number of aliphatic carboxylic acids is 2. The van der Waals surface area contributed by atoms with Crippen LogP contribution in [0.3, 0.4) is 0 Å². The molecule has 2 aromatic carbocycles. The first-order valence-electron chi connectivity index (χ1n) is 9.27. The van der Waals surface area contributed by atoms with E-state index in [4.69, 9.17) is 9.47 Å². The molecule has 156 valence electrons. The van der Waals surface area contributed by atoms with Gasteiger partial charge >= 0.3 is 23.9 Å². The number of hydrogen-bond donors (Lipinski definition) is 2. The van der Waals surface area contributed by atoms with E-state index in [1.807, 2.05) is 0 Å². The van der Waals surface area contributed by atoms with Gasteiger partial charge in [-0.05, 0) is 11.1 Å². The Morgan fingerprint density at radius 2 is 0.933 bits per heavy atom. The van der Waals surface area contributed by atoms with Gasteiger partial charge in [0, 0.05) is 0 Å². The lowest BCUT2D eigenvalue weighted by atomic mass is 9.56. The molecule has 0 amide bonds. The van der Waals surface area contributed by atoms with E-state index in [1.165, 1.54) is 0 Å². The average Bonchev–Trinajstić information content (AvgIpc) is 2.71. The van der Waals surface area contributed by atoms with E-state index < -0.39 is 47.5 Å². The normalized spacial score (nSPS) is 22.4. The fourth-order valence-corrected chi connectivity index (χ4v) is 3.60. The van der Waals surface area contributed by atoms with Crippen molar-refractivity contribution in [1.29, 1.82) is 0 Å². The van der Waals surface area contributed by atoms with Crippen molar-refractivity contribution in [3.8, 4) is 0 Å². The topological polar surface area (TPSA) is 127 Å². The number of carboxylic acid groups (broad SMARTS) is 2. The molecule has 1 saturated carbocycles. The molecule has 1 aliphatic carbocycles. The van der Waals surface area contributed by atoms with Crippen LogP contribution in [0.4, 0.5) is 0 Å². The molecular formula is C22H20O8. The minimum Gasteiger partial charge on any atom is -0.481 e. The summed E-state index contributed by atoms with van der Waals surface area (Å²) in [6.45, 7) is -0.238. The zero-order valence-electron chi connectivity index (χ0n) is 15.8. The number of hydrogen-bond acceptors (Lipinski definition) is 6. The summed E-state index contributed by atoms with van der Waals surface area (Å²) in [6.07, 6.45) is 0. The summed E-state index contributed by atoms with van der Waals surface area (Å²) >= 11 is 0. The Morgan fingerprint density at radius 1 is 0.600 bits per heavy atom. The van der Waals surface area contributed by atoms with Crippen molar-refractivity contribution >= 4 is 23.9 Å². The second-order valence-corrected chi connectivity index (χ2v) is 6.97. The number of esters is 2. The molecule has 3 rings (SSSR count). The number of ether oxygens (including phenoxy) is 2. The molecule has 8 heteroatoms. The highest BCUT2D eigenvalue weighted by Crippen LogP contribution is 2.48. The van der Waals surface area contributed by atoms with Crippen LogP contribution in [0.25, 0.3) is 0 Å². The highest BCUT2D eigenvalue weighted by Gasteiger charge is 2.65. The summed E-state index contributed by atoms with van der Waals surface area (Å²) in [4.78, 5) is 48.4. The Kier molecular flexibility index (Phi) is 6.46. The molecule has 1 fully saturated rings. The fourth-order valence-electron chi connectivity index (χ4n) is 3.60. The number of rotatable bonds is 8. The molecule has 0 saturated heterocycles. The third kappa shape index (κ3) is 4.48. The van der Waals surface area contributed by atoms with E-state index in [9.17, 15) is 29.4 Å². The number of benzene rings is 2. The van der Waals surface area contributed by atoms with Crippen LogP contribution >= 0.6 is 0 Å². The molecule has 4 atom stereocenters. The second-order valence-electron chi connectivity index (χ2n) is 6.97. The maximum absolute atomic E-state index is 12.6. The van der Waals surface area contributed by atoms with Crippen LogP contribution in [0.2, 0.25) is 0 Å². The molecule has 1 aliphatic rings. The van der Waals surface area contributed by atoms with Gasteiger partial charge in [0.15, 0.2) is 0 Å². The average molecular weight is 412 g/mol. The van der Waals surface area contributed by atoms with Crippen molar-refractivity contribution in [2.75, 3.05) is 0 Å². The molecule has 2 N–H and O–H groups in total. The summed E-state index contributed by atoms with van der Waals surface area (Å²) in [5.74, 6) is -10.8. The molecule has 0 radical (unpaired) electrons. The van der Waals surface area contributed by atoms with Gasteiger partial charge in [-0.3, -0.25) is 19.2 Å². The standard InChI is InChI=1S/C22H20O8/c23-19(24)15-16(20(25)26)18(22(28)30-12-14-9-5-2-6-10-14)17(15)21(27)29-11-13-7-3-1-4-8-13/h1-10,15-18H,11-12H2,(H,23,24)(H,25,26). The van der Waals surface area contributed by atoms with E-state index in [0.29, 0.717) is 11.1 Å². The molecule has 30 heavy (non-hydrogen) atoms. The molecule has 0 aromatic heterocycles. The highest BCUT2D eigenvalue weighted by molar-refractivity contribution is 5.96. The van der Waals surface area contributed by atoms with Crippen LogP contribution in [0, 0.1) is 23.7 Å². The van der Waals surface area contributed by atoms with Crippen molar-refractivity contribution in [2.24, 2.45) is 23.7 Å². The maximum Gasteiger partial charge on any atom is 0.311 e. The fraction of sp³-hybridized carbons (Fsp3) is 0.273. The predicted molar refractivity (Wildman–Crippen MR) is 102 cm³/mol. The number of carbonyl (C=O) groups excluding carboxylic acids is 2. The van der Waals surface area contributed by atoms with Crippen LogP contribution in [-0.4, -0.2) is 34.1 Å². The lowest BCUT2D eigenvalue weighted by Gasteiger charge is -2.43. The van der Waals surface area contributed by atoms with E-state index >= 15 is 0 Å². The highest BCUT2D eigenvalue weighted by atomic mass is 16.5. The molecule has 8 nitrogen and oxygen atoms in total. The van der Waals surface area contributed by atoms with Crippen LogP contribution in [-0.2, 0) is 41.9 Å². The predicted octanol–water partition coefficient (Wildman–Crippen LogP) is 2.12. The Morgan fingerprint density at radius 3 is 1.23 bits per heavy atom. The third-order valence-electron chi connectivity index (χ3n) is 5.11. The van der Waals surface area contributed by atoms with Gasteiger partial charge in [0.1, 0.15) is 13.2 Å². The van der Waals surface area contributed by atoms with Crippen LogP contribution in [0.1, 0.15) is 11.1 Å². The van der Waals surface area contributed by atoms with Gasteiger partial charge in [-0.1, -0.05) is 60.7 Å². The molecule has 4 unspecified atom stereocenters. The van der Waals surface area contributed by atoms with E-state index in [0.717, 1.165) is 0 Å². The van der Waals surface area contributed by atoms with Crippen LogP contribution in [0.5, 0.6) is 0 Å². The minimum absolute atomic E-state index is 0.119. The quantitative estimate of drug-likeness (QED) is 0.631. The maximum atomic E-state index is 12.6. The van der Waals surface area contributed by atoms with Gasteiger partial charge in [0.2, 0.25) is 0 Å². The Bertz CT molecular complexity index is 847. The van der Waals surface area contributed by atoms with Crippen molar-refractivity contribution < 1.29 is 38.9 Å². The second kappa shape index (κ2) is 9.21. The summed E-state index contributed by atoms with van der Waals surface area (Å²) in [5.41, 5.74) is 1.35. The van der Waals surface area contributed by atoms with Gasteiger partial charge in [-0.2, -0.15) is 0 Å². The van der Waals surface area contributed by atoms with Gasteiger partial charge in [0.05, 0.1) is 23.7 Å². The molecule has 2 aromatic rings.